The minimum atomic E-state index is -3.76. The summed E-state index contributed by atoms with van der Waals surface area (Å²) in [7, 11) is -6.92. The van der Waals surface area contributed by atoms with Crippen molar-refractivity contribution in [2.45, 2.75) is 21.6 Å². The van der Waals surface area contributed by atoms with E-state index in [0.717, 1.165) is 31.7 Å². The predicted molar refractivity (Wildman–Crippen MR) is 118 cm³/mol. The normalized spacial score (nSPS) is 23.2. The molecule has 1 atom stereocenters. The quantitative estimate of drug-likeness (QED) is 0.619. The van der Waals surface area contributed by atoms with Gasteiger partial charge in [-0.25, -0.2) is 8.42 Å². The minimum absolute atomic E-state index is 0.142. The number of benzene rings is 2. The van der Waals surface area contributed by atoms with E-state index in [1.807, 2.05) is 6.07 Å². The summed E-state index contributed by atoms with van der Waals surface area (Å²) in [6, 6.07) is 13.6. The van der Waals surface area contributed by atoms with Gasteiger partial charge < -0.3 is 5.11 Å². The number of aliphatic hydroxyl groups excluding tert-OH is 1. The predicted octanol–water partition coefficient (Wildman–Crippen LogP) is 2.43. The molecule has 7 nitrogen and oxygen atoms in total. The third-order valence-electron chi connectivity index (χ3n) is 5.94. The fourth-order valence-electron chi connectivity index (χ4n) is 4.33. The van der Waals surface area contributed by atoms with E-state index in [2.05, 4.69) is 9.80 Å². The van der Waals surface area contributed by atoms with Crippen molar-refractivity contribution in [1.82, 2.24) is 9.80 Å². The Labute approximate surface area is 179 Å². The molecule has 164 valence electrons. The highest BCUT2D eigenvalue weighted by Crippen LogP contribution is 2.62. The molecule has 0 radical (unpaired) electrons. The number of hydrogen-bond donors (Lipinski definition) is 3. The Balaban J connectivity index is 1.65. The number of aliphatic hydroxyl groups is 1. The summed E-state index contributed by atoms with van der Waals surface area (Å²) in [6.45, 7) is 4.68. The molecule has 1 saturated heterocycles. The maximum absolute atomic E-state index is 13.4. The maximum Gasteiger partial charge on any atom is 0.187 e. The number of fused-ring (bicyclic) bond motifs is 1. The molecule has 30 heavy (non-hydrogen) atoms. The smallest absolute Gasteiger partial charge is 0.187 e. The van der Waals surface area contributed by atoms with E-state index in [1.54, 1.807) is 42.5 Å². The fraction of sp³-hybridized carbons (Fsp3) is 0.429. The Kier molecular flexibility index (Phi) is 6.23. The van der Waals surface area contributed by atoms with Crippen LogP contribution in [0.3, 0.4) is 0 Å². The summed E-state index contributed by atoms with van der Waals surface area (Å²) in [5, 5.41) is 8.15. The Hall–Kier alpha value is -1.46. The molecule has 2 aromatic rings. The first kappa shape index (κ1) is 21.8. The highest BCUT2D eigenvalue weighted by atomic mass is 32.3. The van der Waals surface area contributed by atoms with Crippen LogP contribution in [0.25, 0.3) is 0 Å². The van der Waals surface area contributed by atoms with Crippen molar-refractivity contribution in [3.8, 4) is 0 Å². The molecule has 2 heterocycles. The molecule has 4 rings (SSSR count). The Morgan fingerprint density at radius 3 is 2.27 bits per heavy atom. The molecule has 9 heteroatoms. The van der Waals surface area contributed by atoms with Gasteiger partial charge in [0.1, 0.15) is 5.25 Å². The second-order valence-electron chi connectivity index (χ2n) is 7.85. The highest BCUT2D eigenvalue weighted by molar-refractivity contribution is 8.25. The van der Waals surface area contributed by atoms with E-state index >= 15 is 0 Å². The number of sulfone groups is 1. The monoisotopic (exact) mass is 452 g/mol. The number of hydrogen-bond acceptors (Lipinski definition) is 7. The lowest BCUT2D eigenvalue weighted by Gasteiger charge is -2.34. The van der Waals surface area contributed by atoms with Gasteiger partial charge in [-0.1, -0.05) is 30.3 Å². The van der Waals surface area contributed by atoms with Crippen molar-refractivity contribution >= 4 is 20.4 Å². The zero-order valence-electron chi connectivity index (χ0n) is 16.7. The van der Waals surface area contributed by atoms with E-state index in [0.29, 0.717) is 23.5 Å². The molecular formula is C21H28N2O5S2. The lowest BCUT2D eigenvalue weighted by Crippen LogP contribution is -2.46. The van der Waals surface area contributed by atoms with Crippen molar-refractivity contribution < 1.29 is 22.6 Å². The van der Waals surface area contributed by atoms with E-state index < -0.39 is 25.7 Å². The molecule has 0 spiro atoms. The molecule has 0 bridgehead atoms. The van der Waals surface area contributed by atoms with Gasteiger partial charge in [-0.2, -0.15) is 10.6 Å². The molecule has 0 aromatic heterocycles. The van der Waals surface area contributed by atoms with Crippen molar-refractivity contribution in [1.29, 1.82) is 0 Å². The van der Waals surface area contributed by atoms with Gasteiger partial charge in [0.2, 0.25) is 0 Å². The van der Waals surface area contributed by atoms with Crippen LogP contribution in [-0.2, 0) is 16.4 Å². The summed E-state index contributed by atoms with van der Waals surface area (Å²) in [5.74, 6) is -0.194. The van der Waals surface area contributed by atoms with Crippen LogP contribution in [0.15, 0.2) is 58.3 Å². The van der Waals surface area contributed by atoms with Crippen LogP contribution in [0.2, 0.25) is 0 Å². The third kappa shape index (κ3) is 4.16. The molecule has 1 unspecified atom stereocenters. The third-order valence-corrected chi connectivity index (χ3v) is 10.1. The van der Waals surface area contributed by atoms with Crippen LogP contribution in [0.4, 0.5) is 0 Å². The lowest BCUT2D eigenvalue weighted by atomic mass is 10.0. The summed E-state index contributed by atoms with van der Waals surface area (Å²) < 4.78 is 48.1. The summed E-state index contributed by atoms with van der Waals surface area (Å²) in [6.07, 6.45) is 0. The SMILES string of the molecule is O=S(=O)(c1ccccc1)C1CS(O)(O)c2cccc(CN3CCN(CCO)CC3)c21. The molecule has 1 fully saturated rings. The average molecular weight is 453 g/mol. The van der Waals surface area contributed by atoms with Gasteiger partial charge in [0.25, 0.3) is 0 Å². The van der Waals surface area contributed by atoms with Crippen molar-refractivity contribution in [3.63, 3.8) is 0 Å². The van der Waals surface area contributed by atoms with Crippen molar-refractivity contribution in [2.24, 2.45) is 0 Å². The molecule has 0 saturated carbocycles. The lowest BCUT2D eigenvalue weighted by molar-refractivity contribution is 0.108. The first-order chi connectivity index (χ1) is 14.3. The van der Waals surface area contributed by atoms with Crippen molar-refractivity contribution in [3.05, 3.63) is 59.7 Å². The van der Waals surface area contributed by atoms with E-state index in [4.69, 9.17) is 5.11 Å². The topological polar surface area (TPSA) is 101 Å². The standard InChI is InChI=1S/C21H28N2O5S2/c24-14-13-22-9-11-23(12-10-22)15-17-5-4-8-19-21(17)20(16-29(19,25)26)30(27,28)18-6-2-1-3-7-18/h1-8,20,24-26H,9-16H2. The average Bonchev–Trinajstić information content (AvgIpc) is 3.03. The van der Waals surface area contributed by atoms with Gasteiger partial charge in [0, 0.05) is 39.3 Å². The van der Waals surface area contributed by atoms with E-state index in [9.17, 15) is 17.5 Å². The summed E-state index contributed by atoms with van der Waals surface area (Å²) >= 11 is 0. The fourth-order valence-corrected chi connectivity index (χ4v) is 8.84. The van der Waals surface area contributed by atoms with E-state index in [1.165, 1.54) is 0 Å². The minimum Gasteiger partial charge on any atom is -0.395 e. The molecule has 2 aliphatic rings. The first-order valence-electron chi connectivity index (χ1n) is 10.0. The van der Waals surface area contributed by atoms with E-state index in [-0.39, 0.29) is 17.3 Å². The zero-order chi connectivity index (χ0) is 21.4. The Morgan fingerprint density at radius 2 is 1.60 bits per heavy atom. The van der Waals surface area contributed by atoms with Gasteiger partial charge in [0.15, 0.2) is 9.84 Å². The van der Waals surface area contributed by atoms with Crippen LogP contribution in [0.5, 0.6) is 0 Å². The van der Waals surface area contributed by atoms with Gasteiger partial charge in [-0.3, -0.25) is 18.9 Å². The Morgan fingerprint density at radius 1 is 0.933 bits per heavy atom. The first-order valence-corrected chi connectivity index (χ1v) is 13.3. The largest absolute Gasteiger partial charge is 0.395 e. The molecule has 0 aliphatic carbocycles. The molecule has 3 N–H and O–H groups in total. The van der Waals surface area contributed by atoms with Gasteiger partial charge in [0.05, 0.1) is 22.2 Å². The number of rotatable bonds is 6. The molecule has 2 aliphatic heterocycles. The van der Waals surface area contributed by atoms with Crippen LogP contribution < -0.4 is 0 Å². The van der Waals surface area contributed by atoms with Crippen LogP contribution in [-0.4, -0.2) is 77.5 Å². The zero-order valence-corrected chi connectivity index (χ0v) is 18.4. The van der Waals surface area contributed by atoms with Crippen LogP contribution in [0.1, 0.15) is 16.4 Å². The second-order valence-corrected chi connectivity index (χ2v) is 12.1. The molecule has 0 amide bonds. The summed E-state index contributed by atoms with van der Waals surface area (Å²) in [5.41, 5.74) is 1.39. The number of piperazine rings is 1. The van der Waals surface area contributed by atoms with Gasteiger partial charge in [-0.05, 0) is 29.3 Å². The van der Waals surface area contributed by atoms with Crippen LogP contribution in [0, 0.1) is 0 Å². The number of β-amino-alcohol motifs (C(OH)–C–C–N with tert-alkyl or cyclic N) is 1. The summed E-state index contributed by atoms with van der Waals surface area (Å²) in [4.78, 5) is 5.01. The molecular weight excluding hydrogens is 424 g/mol. The van der Waals surface area contributed by atoms with Crippen molar-refractivity contribution in [2.75, 3.05) is 45.1 Å². The van der Waals surface area contributed by atoms with Crippen LogP contribution >= 0.6 is 10.6 Å². The van der Waals surface area contributed by atoms with Gasteiger partial charge in [-0.15, -0.1) is 0 Å². The molecule has 2 aromatic carbocycles. The Bertz CT molecular complexity index is 990. The highest BCUT2D eigenvalue weighted by Gasteiger charge is 2.44. The number of nitrogens with zero attached hydrogens (tertiary/aromatic N) is 2. The van der Waals surface area contributed by atoms with Gasteiger partial charge >= 0.3 is 0 Å². The second kappa shape index (κ2) is 8.58. The maximum atomic E-state index is 13.4.